The van der Waals surface area contributed by atoms with E-state index >= 15 is 0 Å². The molecule has 4 heteroatoms. The molecule has 0 radical (unpaired) electrons. The predicted molar refractivity (Wildman–Crippen MR) is 79.7 cm³/mol. The van der Waals surface area contributed by atoms with Crippen LogP contribution in [0, 0.1) is 0 Å². The molecule has 0 aromatic heterocycles. The monoisotopic (exact) mass is 276 g/mol. The van der Waals surface area contributed by atoms with Gasteiger partial charge in [-0.2, -0.15) is 0 Å². The molecule has 3 N–H and O–H groups in total. The van der Waals surface area contributed by atoms with Crippen LogP contribution in [0.4, 0.5) is 0 Å². The molecule has 0 spiro atoms. The Morgan fingerprint density at radius 3 is 2.40 bits per heavy atom. The van der Waals surface area contributed by atoms with Crippen molar-refractivity contribution in [2.45, 2.75) is 58.0 Å². The van der Waals surface area contributed by atoms with E-state index in [0.29, 0.717) is 18.3 Å². The van der Waals surface area contributed by atoms with Gasteiger partial charge in [0.1, 0.15) is 6.04 Å². The summed E-state index contributed by atoms with van der Waals surface area (Å²) in [5, 5.41) is 9.07. The average Bonchev–Trinajstić information content (AvgIpc) is 2.87. The zero-order valence-corrected chi connectivity index (χ0v) is 12.6. The van der Waals surface area contributed by atoms with Crippen LogP contribution in [0.1, 0.15) is 68.7 Å². The van der Waals surface area contributed by atoms with E-state index in [1.807, 2.05) is 0 Å². The van der Waals surface area contributed by atoms with Crippen LogP contribution in [-0.4, -0.2) is 17.1 Å². The number of hydrogen-bond donors (Lipinski definition) is 3. The Bertz CT molecular complexity index is 497. The minimum atomic E-state index is -0.801. The summed E-state index contributed by atoms with van der Waals surface area (Å²) in [6.07, 6.45) is 0.579. The largest absolute Gasteiger partial charge is 0.480 e. The van der Waals surface area contributed by atoms with Gasteiger partial charge in [-0.05, 0) is 34.9 Å². The molecular weight excluding hydrogens is 252 g/mol. The van der Waals surface area contributed by atoms with Gasteiger partial charge in [0.2, 0.25) is 0 Å². The van der Waals surface area contributed by atoms with Crippen LogP contribution < -0.4 is 10.9 Å². The first-order valence-corrected chi connectivity index (χ1v) is 7.27. The van der Waals surface area contributed by atoms with E-state index in [1.54, 1.807) is 0 Å². The lowest BCUT2D eigenvalue weighted by molar-refractivity contribution is -0.139. The first-order valence-electron chi connectivity index (χ1n) is 7.27. The van der Waals surface area contributed by atoms with E-state index in [4.69, 9.17) is 5.11 Å². The molecule has 4 nitrogen and oxygen atoms in total. The van der Waals surface area contributed by atoms with Gasteiger partial charge in [-0.25, -0.2) is 10.9 Å². The quantitative estimate of drug-likeness (QED) is 0.791. The molecule has 1 fully saturated rings. The molecule has 1 saturated heterocycles. The van der Waals surface area contributed by atoms with Crippen molar-refractivity contribution in [1.29, 1.82) is 0 Å². The minimum absolute atomic E-state index is 0.0645. The molecule has 0 saturated carbocycles. The number of rotatable bonds is 4. The summed E-state index contributed by atoms with van der Waals surface area (Å²) in [7, 11) is 0. The molecule has 1 aromatic rings. The Balaban J connectivity index is 2.30. The van der Waals surface area contributed by atoms with E-state index in [9.17, 15) is 4.79 Å². The fraction of sp³-hybridized carbons (Fsp3) is 0.562. The van der Waals surface area contributed by atoms with Crippen LogP contribution in [0.2, 0.25) is 0 Å². The number of carboxylic acids is 1. The third kappa shape index (κ3) is 3.02. The molecule has 0 aliphatic carbocycles. The molecule has 2 rings (SSSR count). The highest BCUT2D eigenvalue weighted by Crippen LogP contribution is 2.32. The van der Waals surface area contributed by atoms with Crippen LogP contribution in [0.5, 0.6) is 0 Å². The minimum Gasteiger partial charge on any atom is -0.480 e. The lowest BCUT2D eigenvalue weighted by atomic mass is 9.87. The van der Waals surface area contributed by atoms with Gasteiger partial charge in [0, 0.05) is 6.04 Å². The average molecular weight is 276 g/mol. The van der Waals surface area contributed by atoms with Gasteiger partial charge in [0.15, 0.2) is 0 Å². The van der Waals surface area contributed by atoms with Crippen molar-refractivity contribution < 1.29 is 9.90 Å². The second-order valence-corrected chi connectivity index (χ2v) is 6.17. The summed E-state index contributed by atoms with van der Waals surface area (Å²) in [6, 6.07) is 6.12. The molecule has 1 heterocycles. The lowest BCUT2D eigenvalue weighted by Gasteiger charge is -2.20. The molecular formula is C16H24N2O2. The van der Waals surface area contributed by atoms with Crippen LogP contribution in [0.15, 0.2) is 18.2 Å². The molecule has 0 amide bonds. The fourth-order valence-electron chi connectivity index (χ4n) is 2.69. The van der Waals surface area contributed by atoms with Crippen LogP contribution in [0.25, 0.3) is 0 Å². The number of benzene rings is 1. The van der Waals surface area contributed by atoms with Gasteiger partial charge in [-0.3, -0.25) is 4.79 Å². The zero-order chi connectivity index (χ0) is 14.9. The van der Waals surface area contributed by atoms with E-state index in [0.717, 1.165) is 0 Å². The molecule has 2 atom stereocenters. The van der Waals surface area contributed by atoms with Crippen LogP contribution >= 0.6 is 0 Å². The third-order valence-corrected chi connectivity index (χ3v) is 3.98. The van der Waals surface area contributed by atoms with Gasteiger partial charge >= 0.3 is 5.97 Å². The van der Waals surface area contributed by atoms with E-state index in [-0.39, 0.29) is 6.04 Å². The Morgan fingerprint density at radius 2 is 1.90 bits per heavy atom. The number of nitrogens with one attached hydrogen (secondary N) is 2. The molecule has 0 bridgehead atoms. The summed E-state index contributed by atoms with van der Waals surface area (Å²) >= 11 is 0. The van der Waals surface area contributed by atoms with Gasteiger partial charge < -0.3 is 5.11 Å². The topological polar surface area (TPSA) is 61.4 Å². The van der Waals surface area contributed by atoms with Crippen molar-refractivity contribution in [1.82, 2.24) is 10.9 Å². The van der Waals surface area contributed by atoms with E-state index in [2.05, 4.69) is 56.7 Å². The van der Waals surface area contributed by atoms with Gasteiger partial charge in [-0.15, -0.1) is 0 Å². The van der Waals surface area contributed by atoms with Crippen molar-refractivity contribution in [3.8, 4) is 0 Å². The molecule has 1 aliphatic heterocycles. The Kier molecular flexibility index (Phi) is 4.45. The molecule has 2 unspecified atom stereocenters. The highest BCUT2D eigenvalue weighted by Gasteiger charge is 2.31. The third-order valence-electron chi connectivity index (χ3n) is 3.98. The van der Waals surface area contributed by atoms with E-state index < -0.39 is 12.0 Å². The number of carbonyl (C=O) groups is 1. The maximum atomic E-state index is 11.0. The van der Waals surface area contributed by atoms with Crippen molar-refractivity contribution in [3.63, 3.8) is 0 Å². The zero-order valence-electron chi connectivity index (χ0n) is 12.6. The standard InChI is InChI=1S/C16H24N2O2/c1-9(2)11-5-6-12(13(7-11)10(3)4)14-8-15(16(19)20)18-17-14/h5-7,9-10,14-15,17-18H,8H2,1-4H3,(H,19,20). The molecule has 110 valence electrons. The summed E-state index contributed by atoms with van der Waals surface area (Å²) in [5.41, 5.74) is 9.82. The Morgan fingerprint density at radius 1 is 1.20 bits per heavy atom. The van der Waals surface area contributed by atoms with Gasteiger partial charge in [0.05, 0.1) is 0 Å². The van der Waals surface area contributed by atoms with Gasteiger partial charge in [-0.1, -0.05) is 45.9 Å². The maximum Gasteiger partial charge on any atom is 0.322 e. The second kappa shape index (κ2) is 5.94. The highest BCUT2D eigenvalue weighted by atomic mass is 16.4. The molecule has 1 aliphatic rings. The van der Waals surface area contributed by atoms with Crippen molar-refractivity contribution >= 4 is 5.97 Å². The maximum absolute atomic E-state index is 11.0. The lowest BCUT2D eigenvalue weighted by Crippen LogP contribution is -2.36. The van der Waals surface area contributed by atoms with Crippen molar-refractivity contribution in [2.75, 3.05) is 0 Å². The highest BCUT2D eigenvalue weighted by molar-refractivity contribution is 5.73. The van der Waals surface area contributed by atoms with Crippen LogP contribution in [-0.2, 0) is 4.79 Å². The summed E-state index contributed by atoms with van der Waals surface area (Å²) in [5.74, 6) is 0.127. The Labute approximate surface area is 120 Å². The summed E-state index contributed by atoms with van der Waals surface area (Å²) in [4.78, 5) is 11.0. The summed E-state index contributed by atoms with van der Waals surface area (Å²) in [6.45, 7) is 8.74. The number of hydrazine groups is 1. The fourth-order valence-corrected chi connectivity index (χ4v) is 2.69. The van der Waals surface area contributed by atoms with E-state index in [1.165, 1.54) is 16.7 Å². The second-order valence-electron chi connectivity index (χ2n) is 6.17. The first kappa shape index (κ1) is 15.0. The smallest absolute Gasteiger partial charge is 0.322 e. The number of hydrogen-bond acceptors (Lipinski definition) is 3. The normalized spacial score (nSPS) is 22.7. The molecule has 20 heavy (non-hydrogen) atoms. The number of aliphatic carboxylic acids is 1. The van der Waals surface area contributed by atoms with Gasteiger partial charge in [0.25, 0.3) is 0 Å². The predicted octanol–water partition coefficient (Wildman–Crippen LogP) is 2.93. The summed E-state index contributed by atoms with van der Waals surface area (Å²) < 4.78 is 0. The number of carboxylic acid groups (broad SMARTS) is 1. The first-order chi connectivity index (χ1) is 9.40. The van der Waals surface area contributed by atoms with Crippen molar-refractivity contribution in [2.24, 2.45) is 0 Å². The SMILES string of the molecule is CC(C)c1ccc(C2CC(C(=O)O)NN2)c(C(C)C)c1. The Hall–Kier alpha value is -1.39. The van der Waals surface area contributed by atoms with Crippen LogP contribution in [0.3, 0.4) is 0 Å². The van der Waals surface area contributed by atoms with Crippen molar-refractivity contribution in [3.05, 3.63) is 34.9 Å². The molecule has 1 aromatic carbocycles.